The molecule has 0 fully saturated rings. The van der Waals surface area contributed by atoms with Gasteiger partial charge in [-0.25, -0.2) is 9.97 Å². The van der Waals surface area contributed by atoms with Gasteiger partial charge in [-0.15, -0.1) is 22.7 Å². The van der Waals surface area contributed by atoms with E-state index in [0.717, 1.165) is 16.5 Å². The highest BCUT2D eigenvalue weighted by atomic mass is 32.1. The smallest absolute Gasteiger partial charge is 0.139 e. The molecule has 3 nitrogen and oxygen atoms in total. The van der Waals surface area contributed by atoms with Crippen LogP contribution in [0.1, 0.15) is 40.5 Å². The second-order valence-electron chi connectivity index (χ2n) is 5.54. The molecule has 0 spiro atoms. The molecule has 108 valence electrons. The Hall–Kier alpha value is -1.46. The summed E-state index contributed by atoms with van der Waals surface area (Å²) in [5.74, 6) is 1.86. The number of thiophene rings is 2. The number of nitrogens with one attached hydrogen (secondary N) is 1. The number of fused-ring (bicyclic) bond motifs is 3. The first-order valence-electron chi connectivity index (χ1n) is 7.31. The largest absolute Gasteiger partial charge is 0.362 e. The van der Waals surface area contributed by atoms with Crippen LogP contribution in [0.15, 0.2) is 17.5 Å². The number of hydrogen-bond donors (Lipinski definition) is 1. The summed E-state index contributed by atoms with van der Waals surface area (Å²) < 4.78 is 0. The van der Waals surface area contributed by atoms with Gasteiger partial charge in [0.1, 0.15) is 16.5 Å². The lowest BCUT2D eigenvalue weighted by Crippen LogP contribution is -2.08. The molecule has 5 heteroatoms. The molecular weight excluding hydrogens is 298 g/mol. The van der Waals surface area contributed by atoms with Crippen molar-refractivity contribution < 1.29 is 0 Å². The Bertz CT molecular complexity index is 790. The highest BCUT2D eigenvalue weighted by Crippen LogP contribution is 2.40. The molecule has 0 saturated carbocycles. The zero-order valence-corrected chi connectivity index (χ0v) is 13.8. The van der Waals surface area contributed by atoms with Crippen molar-refractivity contribution in [1.29, 1.82) is 0 Å². The van der Waals surface area contributed by atoms with E-state index in [1.165, 1.54) is 40.0 Å². The number of hydrogen-bond acceptors (Lipinski definition) is 5. The van der Waals surface area contributed by atoms with Crippen LogP contribution in [0.2, 0.25) is 0 Å². The van der Waals surface area contributed by atoms with Crippen molar-refractivity contribution in [3.05, 3.63) is 38.7 Å². The van der Waals surface area contributed by atoms with Gasteiger partial charge >= 0.3 is 0 Å². The molecule has 1 N–H and O–H groups in total. The molecule has 0 amide bonds. The number of aryl methyl sites for hydroxylation is 3. The van der Waals surface area contributed by atoms with Crippen molar-refractivity contribution in [2.45, 2.75) is 39.2 Å². The molecule has 4 rings (SSSR count). The average molecular weight is 315 g/mol. The van der Waals surface area contributed by atoms with Crippen LogP contribution in [0.5, 0.6) is 0 Å². The molecule has 0 saturated heterocycles. The van der Waals surface area contributed by atoms with Gasteiger partial charge in [0.05, 0.1) is 11.4 Å². The second-order valence-corrected chi connectivity index (χ2v) is 7.60. The fourth-order valence-corrected chi connectivity index (χ4v) is 5.06. The molecule has 3 aromatic heterocycles. The van der Waals surface area contributed by atoms with Gasteiger partial charge in [0.2, 0.25) is 0 Å². The summed E-state index contributed by atoms with van der Waals surface area (Å²) in [6.07, 6.45) is 3.64. The Morgan fingerprint density at radius 1 is 1.29 bits per heavy atom. The standard InChI is InChI=1S/C16H17N3S2/c1-9(12-7-4-8-20-12)17-15-14-11-5-3-6-13(11)21-16(14)19-10(2)18-15/h4,7-9H,3,5-6H2,1-2H3,(H,17,18,19)/t9-/m0/s1. The maximum atomic E-state index is 4.69. The van der Waals surface area contributed by atoms with Gasteiger partial charge in [-0.05, 0) is 50.1 Å². The molecule has 21 heavy (non-hydrogen) atoms. The van der Waals surface area contributed by atoms with Crippen LogP contribution in [0, 0.1) is 6.92 Å². The van der Waals surface area contributed by atoms with Crippen LogP contribution in [-0.2, 0) is 12.8 Å². The minimum atomic E-state index is 0.277. The summed E-state index contributed by atoms with van der Waals surface area (Å²) in [5.41, 5.74) is 1.48. The van der Waals surface area contributed by atoms with Gasteiger partial charge in [0.25, 0.3) is 0 Å². The van der Waals surface area contributed by atoms with Gasteiger partial charge in [-0.1, -0.05) is 6.07 Å². The summed E-state index contributed by atoms with van der Waals surface area (Å²) in [6, 6.07) is 4.55. The molecule has 3 heterocycles. The number of anilines is 1. The van der Waals surface area contributed by atoms with Crippen LogP contribution in [-0.4, -0.2) is 9.97 Å². The molecule has 0 radical (unpaired) electrons. The Morgan fingerprint density at radius 2 is 2.19 bits per heavy atom. The average Bonchev–Trinajstić information content (AvgIpc) is 3.14. The van der Waals surface area contributed by atoms with Crippen molar-refractivity contribution in [3.63, 3.8) is 0 Å². The van der Waals surface area contributed by atoms with Crippen LogP contribution < -0.4 is 5.32 Å². The quantitative estimate of drug-likeness (QED) is 0.759. The van der Waals surface area contributed by atoms with Crippen molar-refractivity contribution >= 4 is 38.7 Å². The lowest BCUT2D eigenvalue weighted by molar-refractivity contribution is 0.891. The van der Waals surface area contributed by atoms with Crippen molar-refractivity contribution in [3.8, 4) is 0 Å². The van der Waals surface area contributed by atoms with E-state index in [-0.39, 0.29) is 6.04 Å². The normalized spacial score (nSPS) is 15.3. The van der Waals surface area contributed by atoms with Crippen LogP contribution in [0.3, 0.4) is 0 Å². The second kappa shape index (κ2) is 5.07. The van der Waals surface area contributed by atoms with Gasteiger partial charge in [0, 0.05) is 9.75 Å². The molecule has 1 aliphatic rings. The van der Waals surface area contributed by atoms with Gasteiger partial charge in [0.15, 0.2) is 0 Å². The first-order valence-corrected chi connectivity index (χ1v) is 9.01. The minimum absolute atomic E-state index is 0.277. The monoisotopic (exact) mass is 315 g/mol. The third-order valence-electron chi connectivity index (χ3n) is 4.00. The van der Waals surface area contributed by atoms with E-state index in [2.05, 4.69) is 39.7 Å². The van der Waals surface area contributed by atoms with Crippen LogP contribution in [0.4, 0.5) is 5.82 Å². The van der Waals surface area contributed by atoms with E-state index in [4.69, 9.17) is 0 Å². The molecule has 0 unspecified atom stereocenters. The summed E-state index contributed by atoms with van der Waals surface area (Å²) in [6.45, 7) is 4.17. The zero-order chi connectivity index (χ0) is 14.4. The molecule has 0 aliphatic heterocycles. The zero-order valence-electron chi connectivity index (χ0n) is 12.1. The predicted molar refractivity (Wildman–Crippen MR) is 90.5 cm³/mol. The Balaban J connectivity index is 1.80. The maximum absolute atomic E-state index is 4.69. The lowest BCUT2D eigenvalue weighted by atomic mass is 10.1. The molecule has 3 aromatic rings. The number of aromatic nitrogens is 2. The van der Waals surface area contributed by atoms with E-state index >= 15 is 0 Å². The third kappa shape index (κ3) is 2.24. The first-order chi connectivity index (χ1) is 10.2. The molecule has 0 aromatic carbocycles. The summed E-state index contributed by atoms with van der Waals surface area (Å²) >= 11 is 3.63. The predicted octanol–water partition coefficient (Wildman–Crippen LogP) is 4.72. The topological polar surface area (TPSA) is 37.8 Å². The van der Waals surface area contributed by atoms with E-state index in [9.17, 15) is 0 Å². The molecule has 0 bridgehead atoms. The summed E-state index contributed by atoms with van der Waals surface area (Å²) in [4.78, 5) is 13.3. The Morgan fingerprint density at radius 3 is 3.00 bits per heavy atom. The molecular formula is C16H17N3S2. The highest BCUT2D eigenvalue weighted by Gasteiger charge is 2.22. The summed E-state index contributed by atoms with van der Waals surface area (Å²) in [7, 11) is 0. The van der Waals surface area contributed by atoms with Gasteiger partial charge < -0.3 is 5.32 Å². The Kier molecular flexibility index (Phi) is 3.19. The molecule has 1 aliphatic carbocycles. The van der Waals surface area contributed by atoms with Gasteiger partial charge in [-0.2, -0.15) is 0 Å². The van der Waals surface area contributed by atoms with Crippen molar-refractivity contribution in [2.75, 3.05) is 5.32 Å². The van der Waals surface area contributed by atoms with E-state index < -0.39 is 0 Å². The van der Waals surface area contributed by atoms with E-state index in [1.54, 1.807) is 11.3 Å². The first kappa shape index (κ1) is 13.2. The third-order valence-corrected chi connectivity index (χ3v) is 6.24. The molecule has 1 atom stereocenters. The van der Waals surface area contributed by atoms with E-state index in [1.807, 2.05) is 18.3 Å². The van der Waals surface area contributed by atoms with E-state index in [0.29, 0.717) is 0 Å². The highest BCUT2D eigenvalue weighted by molar-refractivity contribution is 7.19. The van der Waals surface area contributed by atoms with Crippen LogP contribution in [0.25, 0.3) is 10.2 Å². The van der Waals surface area contributed by atoms with Gasteiger partial charge in [-0.3, -0.25) is 0 Å². The maximum Gasteiger partial charge on any atom is 0.139 e. The number of rotatable bonds is 3. The minimum Gasteiger partial charge on any atom is -0.362 e. The SMILES string of the molecule is Cc1nc(N[C@@H](C)c2cccs2)c2c3c(sc2n1)CCC3. The Labute approximate surface area is 132 Å². The van der Waals surface area contributed by atoms with Crippen LogP contribution >= 0.6 is 22.7 Å². The fraction of sp³-hybridized carbons (Fsp3) is 0.375. The lowest BCUT2D eigenvalue weighted by Gasteiger charge is -2.14. The van der Waals surface area contributed by atoms with Crippen molar-refractivity contribution in [2.24, 2.45) is 0 Å². The number of nitrogens with zero attached hydrogens (tertiary/aromatic N) is 2. The fourth-order valence-electron chi connectivity index (χ4n) is 3.02. The van der Waals surface area contributed by atoms with Crippen molar-refractivity contribution in [1.82, 2.24) is 9.97 Å². The summed E-state index contributed by atoms with van der Waals surface area (Å²) in [5, 5.41) is 7.00.